The van der Waals surface area contributed by atoms with Crippen LogP contribution in [0, 0.1) is 17.3 Å². The van der Waals surface area contributed by atoms with Gasteiger partial charge >= 0.3 is 12.1 Å². The van der Waals surface area contributed by atoms with Crippen molar-refractivity contribution in [3.63, 3.8) is 0 Å². The summed E-state index contributed by atoms with van der Waals surface area (Å²) < 4.78 is 5.18. The summed E-state index contributed by atoms with van der Waals surface area (Å²) in [6, 6.07) is 0. The highest BCUT2D eigenvalue weighted by atomic mass is 16.6. The van der Waals surface area contributed by atoms with Gasteiger partial charge in [-0.05, 0) is 45.4 Å². The zero-order valence-corrected chi connectivity index (χ0v) is 14.4. The minimum Gasteiger partial charge on any atom is -0.481 e. The van der Waals surface area contributed by atoms with Crippen molar-refractivity contribution in [3.8, 4) is 0 Å². The summed E-state index contributed by atoms with van der Waals surface area (Å²) in [5, 5.41) is 12.3. The van der Waals surface area contributed by atoms with Crippen LogP contribution in [-0.4, -0.2) is 29.3 Å². The summed E-state index contributed by atoms with van der Waals surface area (Å²) in [6.07, 6.45) is 0.770. The van der Waals surface area contributed by atoms with Crippen LogP contribution in [0.1, 0.15) is 61.3 Å². The van der Waals surface area contributed by atoms with Crippen LogP contribution in [0.3, 0.4) is 0 Å². The predicted octanol–water partition coefficient (Wildman–Crippen LogP) is 3.67. The number of carboxylic acid groups (broad SMARTS) is 1. The molecule has 0 rings (SSSR count). The molecule has 5 heteroatoms. The molecule has 1 atom stereocenters. The lowest BCUT2D eigenvalue weighted by molar-refractivity contribution is -0.152. The second kappa shape index (κ2) is 7.66. The smallest absolute Gasteiger partial charge is 0.407 e. The van der Waals surface area contributed by atoms with Crippen molar-refractivity contribution < 1.29 is 19.4 Å². The van der Waals surface area contributed by atoms with E-state index >= 15 is 0 Å². The third-order valence-electron chi connectivity index (χ3n) is 3.65. The van der Waals surface area contributed by atoms with Crippen LogP contribution in [0.15, 0.2) is 0 Å². The number of amides is 1. The molecular weight excluding hydrogens is 270 g/mol. The topological polar surface area (TPSA) is 75.6 Å². The van der Waals surface area contributed by atoms with Gasteiger partial charge in [-0.25, -0.2) is 4.79 Å². The van der Waals surface area contributed by atoms with Crippen LogP contribution in [0.5, 0.6) is 0 Å². The molecule has 0 aliphatic rings. The van der Waals surface area contributed by atoms with E-state index in [9.17, 15) is 14.7 Å². The van der Waals surface area contributed by atoms with E-state index in [1.807, 2.05) is 13.8 Å². The van der Waals surface area contributed by atoms with Gasteiger partial charge in [-0.15, -0.1) is 0 Å². The van der Waals surface area contributed by atoms with E-state index in [4.69, 9.17) is 4.74 Å². The van der Waals surface area contributed by atoms with Crippen molar-refractivity contribution in [1.82, 2.24) is 5.32 Å². The Bertz CT molecular complexity index is 358. The van der Waals surface area contributed by atoms with Gasteiger partial charge in [0.2, 0.25) is 0 Å². The number of hydrogen-bond donors (Lipinski definition) is 2. The first kappa shape index (κ1) is 19.7. The summed E-state index contributed by atoms with van der Waals surface area (Å²) in [5.74, 6) is -0.526. The lowest BCUT2D eigenvalue weighted by Crippen LogP contribution is -2.47. The van der Waals surface area contributed by atoms with Crippen molar-refractivity contribution in [3.05, 3.63) is 0 Å². The largest absolute Gasteiger partial charge is 0.481 e. The number of ether oxygens (including phenoxy) is 1. The fourth-order valence-corrected chi connectivity index (χ4v) is 2.10. The molecule has 0 aromatic heterocycles. The Morgan fingerprint density at radius 3 is 2.00 bits per heavy atom. The normalized spacial score (nSPS) is 14.9. The maximum Gasteiger partial charge on any atom is 0.407 e. The Labute approximate surface area is 128 Å². The van der Waals surface area contributed by atoms with Gasteiger partial charge in [0.25, 0.3) is 0 Å². The molecule has 0 spiro atoms. The number of carbonyl (C=O) groups is 2. The first-order valence-electron chi connectivity index (χ1n) is 7.61. The van der Waals surface area contributed by atoms with Crippen molar-refractivity contribution in [1.29, 1.82) is 0 Å². The molecule has 0 aromatic carbocycles. The lowest BCUT2D eigenvalue weighted by atomic mass is 9.72. The van der Waals surface area contributed by atoms with Crippen molar-refractivity contribution in [2.24, 2.45) is 17.3 Å². The van der Waals surface area contributed by atoms with Gasteiger partial charge < -0.3 is 15.2 Å². The van der Waals surface area contributed by atoms with Gasteiger partial charge in [0, 0.05) is 6.54 Å². The maximum absolute atomic E-state index is 11.8. The second-order valence-electron chi connectivity index (χ2n) is 7.40. The zero-order valence-electron chi connectivity index (χ0n) is 14.4. The highest BCUT2D eigenvalue weighted by Crippen LogP contribution is 2.34. The molecule has 5 nitrogen and oxygen atoms in total. The van der Waals surface area contributed by atoms with Crippen LogP contribution in [0.4, 0.5) is 4.79 Å². The van der Waals surface area contributed by atoms with E-state index in [1.54, 1.807) is 20.8 Å². The summed E-state index contributed by atoms with van der Waals surface area (Å²) in [4.78, 5) is 23.5. The third kappa shape index (κ3) is 6.82. The minimum atomic E-state index is -0.957. The Kier molecular flexibility index (Phi) is 7.20. The number of nitrogens with one attached hydrogen (secondary N) is 1. The highest BCUT2D eigenvalue weighted by Gasteiger charge is 2.42. The molecule has 21 heavy (non-hydrogen) atoms. The van der Waals surface area contributed by atoms with Crippen molar-refractivity contribution in [2.45, 2.75) is 66.9 Å². The molecule has 1 amide bonds. The van der Waals surface area contributed by atoms with Crippen LogP contribution < -0.4 is 5.32 Å². The fourth-order valence-electron chi connectivity index (χ4n) is 2.10. The van der Waals surface area contributed by atoms with Gasteiger partial charge in [0.15, 0.2) is 0 Å². The molecular formula is C16H31NO4. The summed E-state index contributed by atoms with van der Waals surface area (Å²) in [5.41, 5.74) is -1.55. The summed E-state index contributed by atoms with van der Waals surface area (Å²) in [7, 11) is 0. The van der Waals surface area contributed by atoms with Crippen LogP contribution in [0.2, 0.25) is 0 Å². The van der Waals surface area contributed by atoms with Gasteiger partial charge in [0.05, 0.1) is 5.41 Å². The number of hydrogen-bond acceptors (Lipinski definition) is 3. The van der Waals surface area contributed by atoms with Gasteiger partial charge in [0.1, 0.15) is 5.60 Å². The standard InChI is InChI=1S/C16H31NO4/c1-11(2)8-9-16(12(3)4,13(18)19)10-17-14(20)21-15(5,6)7/h11-12H,8-10H2,1-7H3,(H,17,20)(H,18,19). The molecule has 2 N–H and O–H groups in total. The SMILES string of the molecule is CC(C)CCC(CNC(=O)OC(C)(C)C)(C(=O)O)C(C)C. The Morgan fingerprint density at radius 2 is 1.67 bits per heavy atom. The van der Waals surface area contributed by atoms with E-state index in [2.05, 4.69) is 19.2 Å². The summed E-state index contributed by atoms with van der Waals surface area (Å²) >= 11 is 0. The van der Waals surface area contributed by atoms with Gasteiger partial charge in [-0.1, -0.05) is 27.7 Å². The van der Waals surface area contributed by atoms with E-state index < -0.39 is 23.1 Å². The van der Waals surface area contributed by atoms with Gasteiger partial charge in [-0.3, -0.25) is 4.79 Å². The maximum atomic E-state index is 11.8. The molecule has 0 fully saturated rings. The molecule has 0 aliphatic carbocycles. The van der Waals surface area contributed by atoms with Crippen molar-refractivity contribution in [2.75, 3.05) is 6.54 Å². The summed E-state index contributed by atoms with van der Waals surface area (Å²) in [6.45, 7) is 13.3. The van der Waals surface area contributed by atoms with Crippen molar-refractivity contribution >= 4 is 12.1 Å². The monoisotopic (exact) mass is 301 g/mol. The third-order valence-corrected chi connectivity index (χ3v) is 3.65. The van der Waals surface area contributed by atoms with Crippen LogP contribution in [-0.2, 0) is 9.53 Å². The molecule has 0 saturated heterocycles. The molecule has 124 valence electrons. The van der Waals surface area contributed by atoms with E-state index in [0.29, 0.717) is 12.3 Å². The number of aliphatic carboxylic acids is 1. The first-order chi connectivity index (χ1) is 9.40. The second-order valence-corrected chi connectivity index (χ2v) is 7.40. The number of carboxylic acids is 1. The van der Waals surface area contributed by atoms with Crippen LogP contribution >= 0.6 is 0 Å². The quantitative estimate of drug-likeness (QED) is 0.752. The minimum absolute atomic E-state index is 0.0799. The average molecular weight is 301 g/mol. The molecule has 0 saturated carbocycles. The Balaban J connectivity index is 4.90. The fraction of sp³-hybridized carbons (Fsp3) is 0.875. The molecule has 0 bridgehead atoms. The number of carbonyl (C=O) groups excluding carboxylic acids is 1. The Morgan fingerprint density at radius 1 is 1.14 bits per heavy atom. The molecule has 0 aliphatic heterocycles. The van der Waals surface area contributed by atoms with Gasteiger partial charge in [-0.2, -0.15) is 0 Å². The van der Waals surface area contributed by atoms with E-state index in [0.717, 1.165) is 6.42 Å². The molecule has 1 unspecified atom stereocenters. The highest BCUT2D eigenvalue weighted by molar-refractivity contribution is 5.76. The first-order valence-corrected chi connectivity index (χ1v) is 7.61. The van der Waals surface area contributed by atoms with E-state index in [1.165, 1.54) is 0 Å². The number of rotatable bonds is 7. The predicted molar refractivity (Wildman–Crippen MR) is 83.2 cm³/mol. The molecule has 0 radical (unpaired) electrons. The molecule has 0 aromatic rings. The van der Waals surface area contributed by atoms with E-state index in [-0.39, 0.29) is 12.5 Å². The lowest BCUT2D eigenvalue weighted by Gasteiger charge is -2.34. The average Bonchev–Trinajstić information content (AvgIpc) is 2.25. The molecule has 0 heterocycles. The van der Waals surface area contributed by atoms with Crippen LogP contribution in [0.25, 0.3) is 0 Å². The Hall–Kier alpha value is -1.26. The number of alkyl carbamates (subject to hydrolysis) is 1. The zero-order chi connectivity index (χ0) is 16.8.